The predicted octanol–water partition coefficient (Wildman–Crippen LogP) is 2.15. The Morgan fingerprint density at radius 2 is 1.93 bits per heavy atom. The van der Waals surface area contributed by atoms with Crippen LogP contribution in [-0.4, -0.2) is 48.2 Å². The SMILES string of the molecule is COCCn1c(=NC(=O)c2c(C)cnn2C)sc2c(OC)ccc(OC)c21. The number of carbonyl (C=O) groups is 1. The van der Waals surface area contributed by atoms with E-state index in [2.05, 4.69) is 10.1 Å². The average Bonchev–Trinajstić information content (AvgIpc) is 3.18. The van der Waals surface area contributed by atoms with E-state index in [4.69, 9.17) is 14.2 Å². The zero-order chi connectivity index (χ0) is 19.6. The molecule has 0 aliphatic rings. The van der Waals surface area contributed by atoms with Gasteiger partial charge in [0, 0.05) is 26.3 Å². The number of amides is 1. The van der Waals surface area contributed by atoms with E-state index in [1.165, 1.54) is 16.0 Å². The molecule has 9 heteroatoms. The maximum absolute atomic E-state index is 12.8. The molecule has 1 amide bonds. The van der Waals surface area contributed by atoms with Crippen LogP contribution in [0.25, 0.3) is 10.2 Å². The predicted molar refractivity (Wildman–Crippen MR) is 103 cm³/mol. The summed E-state index contributed by atoms with van der Waals surface area (Å²) in [6, 6.07) is 3.68. The van der Waals surface area contributed by atoms with Gasteiger partial charge in [0.15, 0.2) is 4.80 Å². The lowest BCUT2D eigenvalue weighted by molar-refractivity contribution is 0.0987. The Morgan fingerprint density at radius 1 is 1.22 bits per heavy atom. The van der Waals surface area contributed by atoms with Gasteiger partial charge in [-0.3, -0.25) is 9.48 Å². The Labute approximate surface area is 160 Å². The van der Waals surface area contributed by atoms with Crippen LogP contribution in [0.1, 0.15) is 16.1 Å². The van der Waals surface area contributed by atoms with Gasteiger partial charge < -0.3 is 18.8 Å². The first-order chi connectivity index (χ1) is 13.0. The van der Waals surface area contributed by atoms with Crippen molar-refractivity contribution >= 4 is 27.5 Å². The van der Waals surface area contributed by atoms with Crippen LogP contribution in [0.2, 0.25) is 0 Å². The molecule has 0 spiro atoms. The number of methoxy groups -OCH3 is 3. The highest BCUT2D eigenvalue weighted by molar-refractivity contribution is 7.16. The molecule has 0 unspecified atom stereocenters. The van der Waals surface area contributed by atoms with Gasteiger partial charge in [-0.15, -0.1) is 0 Å². The molecular formula is C18H22N4O4S. The second-order valence-corrected chi connectivity index (χ2v) is 6.87. The molecular weight excluding hydrogens is 368 g/mol. The highest BCUT2D eigenvalue weighted by Crippen LogP contribution is 2.35. The third kappa shape index (κ3) is 3.47. The van der Waals surface area contributed by atoms with Crippen molar-refractivity contribution in [3.8, 4) is 11.5 Å². The molecule has 0 bridgehead atoms. The molecule has 0 radical (unpaired) electrons. The van der Waals surface area contributed by atoms with Crippen LogP contribution in [-0.2, 0) is 18.3 Å². The van der Waals surface area contributed by atoms with Gasteiger partial charge in [0.25, 0.3) is 5.91 Å². The fourth-order valence-corrected chi connectivity index (χ4v) is 4.09. The maximum atomic E-state index is 12.8. The van der Waals surface area contributed by atoms with E-state index >= 15 is 0 Å². The van der Waals surface area contributed by atoms with E-state index in [0.717, 1.165) is 15.8 Å². The van der Waals surface area contributed by atoms with E-state index in [9.17, 15) is 4.79 Å². The second kappa shape index (κ2) is 7.93. The van der Waals surface area contributed by atoms with E-state index in [1.807, 2.05) is 23.6 Å². The molecule has 0 atom stereocenters. The standard InChI is InChI=1S/C18H22N4O4S/c1-11-10-19-21(2)14(11)17(23)20-18-22(8-9-24-3)15-12(25-4)6-7-13(26-5)16(15)27-18/h6-7,10H,8-9H2,1-5H3. The van der Waals surface area contributed by atoms with Crippen LogP contribution in [0, 0.1) is 6.92 Å². The Bertz CT molecular complexity index is 1030. The Balaban J connectivity index is 2.26. The fraction of sp³-hybridized carbons (Fsp3) is 0.389. The molecule has 0 saturated heterocycles. The lowest BCUT2D eigenvalue weighted by Gasteiger charge is -2.09. The minimum Gasteiger partial charge on any atom is -0.495 e. The van der Waals surface area contributed by atoms with Gasteiger partial charge in [-0.05, 0) is 19.1 Å². The second-order valence-electron chi connectivity index (χ2n) is 5.89. The number of carbonyl (C=O) groups excluding carboxylic acids is 1. The van der Waals surface area contributed by atoms with Gasteiger partial charge in [-0.25, -0.2) is 0 Å². The summed E-state index contributed by atoms with van der Waals surface area (Å²) < 4.78 is 20.6. The van der Waals surface area contributed by atoms with E-state index < -0.39 is 0 Å². The summed E-state index contributed by atoms with van der Waals surface area (Å²) in [6.07, 6.45) is 1.65. The summed E-state index contributed by atoms with van der Waals surface area (Å²) in [5, 5.41) is 4.12. The minimum atomic E-state index is -0.344. The van der Waals surface area contributed by atoms with Gasteiger partial charge >= 0.3 is 0 Å². The highest BCUT2D eigenvalue weighted by atomic mass is 32.1. The highest BCUT2D eigenvalue weighted by Gasteiger charge is 2.18. The number of fused-ring (bicyclic) bond motifs is 1. The smallest absolute Gasteiger partial charge is 0.298 e. The average molecular weight is 390 g/mol. The fourth-order valence-electron chi connectivity index (χ4n) is 2.92. The monoisotopic (exact) mass is 390 g/mol. The third-order valence-electron chi connectivity index (χ3n) is 4.23. The summed E-state index contributed by atoms with van der Waals surface area (Å²) in [5.74, 6) is 1.04. The third-order valence-corrected chi connectivity index (χ3v) is 5.33. The summed E-state index contributed by atoms with van der Waals surface area (Å²) >= 11 is 1.38. The lowest BCUT2D eigenvalue weighted by atomic mass is 10.2. The number of hydrogen-bond donors (Lipinski definition) is 0. The molecule has 0 saturated carbocycles. The molecule has 0 aliphatic carbocycles. The van der Waals surface area contributed by atoms with Crippen LogP contribution in [0.15, 0.2) is 23.3 Å². The summed E-state index contributed by atoms with van der Waals surface area (Å²) in [6.45, 7) is 2.83. The first-order valence-corrected chi connectivity index (χ1v) is 9.14. The molecule has 0 N–H and O–H groups in total. The largest absolute Gasteiger partial charge is 0.495 e. The van der Waals surface area contributed by atoms with Crippen LogP contribution in [0.3, 0.4) is 0 Å². The molecule has 144 valence electrons. The van der Waals surface area contributed by atoms with Gasteiger partial charge in [-0.1, -0.05) is 11.3 Å². The van der Waals surface area contributed by atoms with Crippen molar-refractivity contribution < 1.29 is 19.0 Å². The van der Waals surface area contributed by atoms with Crippen molar-refractivity contribution in [1.82, 2.24) is 14.3 Å². The number of nitrogens with zero attached hydrogens (tertiary/aromatic N) is 4. The van der Waals surface area contributed by atoms with Crippen molar-refractivity contribution in [2.75, 3.05) is 27.9 Å². The van der Waals surface area contributed by atoms with Crippen LogP contribution < -0.4 is 14.3 Å². The van der Waals surface area contributed by atoms with Crippen LogP contribution >= 0.6 is 11.3 Å². The minimum absolute atomic E-state index is 0.344. The number of benzene rings is 1. The van der Waals surface area contributed by atoms with Crippen LogP contribution in [0.5, 0.6) is 11.5 Å². The van der Waals surface area contributed by atoms with Crippen LogP contribution in [0.4, 0.5) is 0 Å². The summed E-state index contributed by atoms with van der Waals surface area (Å²) in [5.41, 5.74) is 2.07. The first-order valence-electron chi connectivity index (χ1n) is 8.32. The molecule has 0 fully saturated rings. The molecule has 3 rings (SSSR count). The number of aromatic nitrogens is 3. The van der Waals surface area contributed by atoms with Crippen molar-refractivity contribution in [3.05, 3.63) is 34.4 Å². The van der Waals surface area contributed by atoms with Gasteiger partial charge in [0.1, 0.15) is 27.4 Å². The Hall–Kier alpha value is -2.65. The van der Waals surface area contributed by atoms with Crippen molar-refractivity contribution in [2.24, 2.45) is 12.0 Å². The van der Waals surface area contributed by atoms with Gasteiger partial charge in [0.05, 0.1) is 27.0 Å². The molecule has 2 heterocycles. The van der Waals surface area contributed by atoms with Crippen molar-refractivity contribution in [2.45, 2.75) is 13.5 Å². The number of ether oxygens (including phenoxy) is 3. The number of aryl methyl sites for hydroxylation is 2. The van der Waals surface area contributed by atoms with Gasteiger partial charge in [0.2, 0.25) is 0 Å². The molecule has 2 aromatic heterocycles. The summed E-state index contributed by atoms with van der Waals surface area (Å²) in [7, 11) is 6.58. The zero-order valence-electron chi connectivity index (χ0n) is 16.0. The number of hydrogen-bond acceptors (Lipinski definition) is 6. The molecule has 8 nitrogen and oxygen atoms in total. The lowest BCUT2D eigenvalue weighted by Crippen LogP contribution is -2.20. The quantitative estimate of drug-likeness (QED) is 0.644. The van der Waals surface area contributed by atoms with Gasteiger partial charge in [-0.2, -0.15) is 10.1 Å². The topological polar surface area (TPSA) is 79.9 Å². The molecule has 27 heavy (non-hydrogen) atoms. The number of rotatable bonds is 6. The summed E-state index contributed by atoms with van der Waals surface area (Å²) in [4.78, 5) is 17.7. The van der Waals surface area contributed by atoms with E-state index in [1.54, 1.807) is 34.6 Å². The maximum Gasteiger partial charge on any atom is 0.298 e. The molecule has 1 aromatic carbocycles. The zero-order valence-corrected chi connectivity index (χ0v) is 16.8. The van der Waals surface area contributed by atoms with E-state index in [-0.39, 0.29) is 5.91 Å². The molecule has 0 aliphatic heterocycles. The van der Waals surface area contributed by atoms with Crippen molar-refractivity contribution in [3.63, 3.8) is 0 Å². The van der Waals surface area contributed by atoms with Crippen molar-refractivity contribution in [1.29, 1.82) is 0 Å². The Morgan fingerprint density at radius 3 is 2.52 bits per heavy atom. The number of thiazole rings is 1. The first kappa shape index (κ1) is 19.1. The normalized spacial score (nSPS) is 12.0. The van der Waals surface area contributed by atoms with E-state index in [0.29, 0.717) is 35.1 Å². The molecule has 3 aromatic rings. The Kier molecular flexibility index (Phi) is 5.62.